The van der Waals surface area contributed by atoms with E-state index in [4.69, 9.17) is 9.84 Å². The van der Waals surface area contributed by atoms with Gasteiger partial charge in [-0.05, 0) is 67.1 Å². The van der Waals surface area contributed by atoms with Crippen LogP contribution in [0.4, 0.5) is 4.39 Å². The van der Waals surface area contributed by atoms with Gasteiger partial charge in [0.25, 0.3) is 0 Å². The van der Waals surface area contributed by atoms with Gasteiger partial charge in [-0.2, -0.15) is 0 Å². The van der Waals surface area contributed by atoms with Gasteiger partial charge in [-0.25, -0.2) is 9.18 Å². The molecule has 1 aromatic heterocycles. The van der Waals surface area contributed by atoms with Gasteiger partial charge in [0.2, 0.25) is 0 Å². The molecular weight excluding hydrogens is 333 g/mol. The van der Waals surface area contributed by atoms with E-state index >= 15 is 0 Å². The number of nitrogens with zero attached hydrogens (tertiary/aromatic N) is 1. The van der Waals surface area contributed by atoms with Crippen molar-refractivity contribution in [2.24, 2.45) is 0 Å². The predicted molar refractivity (Wildman–Crippen MR) is 97.3 cm³/mol. The van der Waals surface area contributed by atoms with E-state index in [9.17, 15) is 9.18 Å². The molecule has 0 aliphatic heterocycles. The molecule has 4 nitrogen and oxygen atoms in total. The topological polar surface area (TPSA) is 51.5 Å². The summed E-state index contributed by atoms with van der Waals surface area (Å²) in [6.07, 6.45) is 3.08. The fraction of sp³-hybridized carbons (Fsp3) is 0.286. The first-order chi connectivity index (χ1) is 12.5. The Bertz CT molecular complexity index is 989. The van der Waals surface area contributed by atoms with E-state index in [1.807, 2.05) is 13.0 Å². The number of carboxylic acids is 1. The highest BCUT2D eigenvalue weighted by Gasteiger charge is 2.22. The van der Waals surface area contributed by atoms with Crippen molar-refractivity contribution in [1.29, 1.82) is 0 Å². The van der Waals surface area contributed by atoms with Crippen molar-refractivity contribution in [3.63, 3.8) is 0 Å². The molecule has 134 valence electrons. The molecule has 1 heterocycles. The Labute approximate surface area is 150 Å². The number of ether oxygens (including phenoxy) is 1. The lowest BCUT2D eigenvalue weighted by Crippen LogP contribution is -2.10. The summed E-state index contributed by atoms with van der Waals surface area (Å²) in [6.45, 7) is 2.33. The largest absolute Gasteiger partial charge is 0.481 e. The number of hydrogen-bond donors (Lipinski definition) is 1. The minimum atomic E-state index is -0.985. The van der Waals surface area contributed by atoms with Crippen molar-refractivity contribution in [2.45, 2.75) is 32.7 Å². The third-order valence-corrected chi connectivity index (χ3v) is 5.03. The summed E-state index contributed by atoms with van der Waals surface area (Å²) in [5, 5.41) is 9.91. The number of carboxylic acid groups (broad SMARTS) is 1. The zero-order chi connectivity index (χ0) is 18.3. The predicted octanol–water partition coefficient (Wildman–Crippen LogP) is 4.09. The highest BCUT2D eigenvalue weighted by atomic mass is 19.1. The van der Waals surface area contributed by atoms with Crippen LogP contribution < -0.4 is 4.74 Å². The first kappa shape index (κ1) is 16.6. The van der Waals surface area contributed by atoms with E-state index in [2.05, 4.69) is 10.6 Å². The Hall–Kier alpha value is -2.82. The lowest BCUT2D eigenvalue weighted by Gasteiger charge is -2.14. The van der Waals surface area contributed by atoms with Gasteiger partial charge in [0.05, 0.1) is 5.52 Å². The third-order valence-electron chi connectivity index (χ3n) is 5.03. The SMILES string of the molecule is Cc1cc2c(OCC(=O)O)cc3c(c2n1Cc1ccc(F)cc1)CCC3. The molecule has 0 atom stereocenters. The molecule has 1 aliphatic carbocycles. The van der Waals surface area contributed by atoms with Crippen molar-refractivity contribution < 1.29 is 19.0 Å². The number of hydrogen-bond acceptors (Lipinski definition) is 2. The Morgan fingerprint density at radius 3 is 2.73 bits per heavy atom. The minimum Gasteiger partial charge on any atom is -0.481 e. The first-order valence-corrected chi connectivity index (χ1v) is 8.76. The van der Waals surface area contributed by atoms with Crippen LogP contribution in [-0.4, -0.2) is 22.2 Å². The molecule has 0 radical (unpaired) electrons. The smallest absolute Gasteiger partial charge is 0.341 e. The summed E-state index contributed by atoms with van der Waals surface area (Å²) < 4.78 is 21.0. The Morgan fingerprint density at radius 1 is 1.23 bits per heavy atom. The molecule has 0 bridgehead atoms. The van der Waals surface area contributed by atoms with Gasteiger partial charge >= 0.3 is 5.97 Å². The molecule has 0 saturated carbocycles. The van der Waals surface area contributed by atoms with Gasteiger partial charge in [0, 0.05) is 17.6 Å². The first-order valence-electron chi connectivity index (χ1n) is 8.76. The molecular formula is C21H20FNO3. The van der Waals surface area contributed by atoms with Gasteiger partial charge in [0.15, 0.2) is 6.61 Å². The standard InChI is InChI=1S/C21H20FNO3/c1-13-9-18-19(26-12-20(24)25)10-15-3-2-4-17(15)21(18)23(13)11-14-5-7-16(22)8-6-14/h5-10H,2-4,11-12H2,1H3,(H,24,25). The van der Waals surface area contributed by atoms with Crippen LogP contribution in [0.15, 0.2) is 36.4 Å². The summed E-state index contributed by atoms with van der Waals surface area (Å²) in [7, 11) is 0. The maximum atomic E-state index is 13.2. The number of aliphatic carboxylic acids is 1. The van der Waals surface area contributed by atoms with Gasteiger partial charge in [0.1, 0.15) is 11.6 Å². The normalized spacial score (nSPS) is 13.2. The number of benzene rings is 2. The van der Waals surface area contributed by atoms with E-state index in [1.165, 1.54) is 23.3 Å². The highest BCUT2D eigenvalue weighted by molar-refractivity contribution is 5.92. The lowest BCUT2D eigenvalue weighted by atomic mass is 10.1. The molecule has 1 N–H and O–H groups in total. The summed E-state index contributed by atoms with van der Waals surface area (Å²) >= 11 is 0. The molecule has 0 fully saturated rings. The molecule has 0 amide bonds. The molecule has 4 rings (SSSR count). The Balaban J connectivity index is 1.84. The Morgan fingerprint density at radius 2 is 2.00 bits per heavy atom. The molecule has 1 aliphatic rings. The fourth-order valence-electron chi connectivity index (χ4n) is 3.86. The van der Waals surface area contributed by atoms with Gasteiger partial charge in [-0.15, -0.1) is 0 Å². The second kappa shape index (κ2) is 6.48. The number of halogens is 1. The average molecular weight is 353 g/mol. The molecule has 0 unspecified atom stereocenters. The Kier molecular flexibility index (Phi) is 4.15. The van der Waals surface area contributed by atoms with Gasteiger partial charge in [-0.3, -0.25) is 0 Å². The van der Waals surface area contributed by atoms with Crippen LogP contribution in [0.3, 0.4) is 0 Å². The molecule has 2 aromatic carbocycles. The monoisotopic (exact) mass is 353 g/mol. The quantitative estimate of drug-likeness (QED) is 0.752. The van der Waals surface area contributed by atoms with E-state index in [1.54, 1.807) is 12.1 Å². The second-order valence-corrected chi connectivity index (χ2v) is 6.81. The van der Waals surface area contributed by atoms with Gasteiger partial charge in [-0.1, -0.05) is 12.1 Å². The zero-order valence-corrected chi connectivity index (χ0v) is 14.6. The number of aromatic nitrogens is 1. The van der Waals surface area contributed by atoms with E-state index in [0.29, 0.717) is 12.3 Å². The molecule has 3 aromatic rings. The summed E-state index contributed by atoms with van der Waals surface area (Å²) in [5.74, 6) is -0.599. The van der Waals surface area contributed by atoms with E-state index in [-0.39, 0.29) is 12.4 Å². The summed E-state index contributed by atoms with van der Waals surface area (Å²) in [6, 6.07) is 10.6. The highest BCUT2D eigenvalue weighted by Crippen LogP contribution is 2.38. The van der Waals surface area contributed by atoms with Crippen molar-refractivity contribution in [3.8, 4) is 5.75 Å². The lowest BCUT2D eigenvalue weighted by molar-refractivity contribution is -0.139. The number of carbonyl (C=O) groups is 1. The van der Waals surface area contributed by atoms with Crippen molar-refractivity contribution in [3.05, 3.63) is 64.6 Å². The average Bonchev–Trinajstić information content (AvgIpc) is 3.19. The van der Waals surface area contributed by atoms with Crippen LogP contribution in [0, 0.1) is 12.7 Å². The maximum absolute atomic E-state index is 13.2. The summed E-state index contributed by atoms with van der Waals surface area (Å²) in [4.78, 5) is 10.9. The minimum absolute atomic E-state index is 0.243. The van der Waals surface area contributed by atoms with Crippen molar-refractivity contribution in [1.82, 2.24) is 4.57 Å². The van der Waals surface area contributed by atoms with Crippen LogP contribution in [0.2, 0.25) is 0 Å². The van der Waals surface area contributed by atoms with Gasteiger partial charge < -0.3 is 14.4 Å². The van der Waals surface area contributed by atoms with Crippen LogP contribution in [0.5, 0.6) is 5.75 Å². The third kappa shape index (κ3) is 2.94. The number of fused-ring (bicyclic) bond motifs is 3. The zero-order valence-electron chi connectivity index (χ0n) is 14.6. The van der Waals surface area contributed by atoms with E-state index in [0.717, 1.165) is 41.4 Å². The molecule has 26 heavy (non-hydrogen) atoms. The van der Waals surface area contributed by atoms with E-state index < -0.39 is 5.97 Å². The summed E-state index contributed by atoms with van der Waals surface area (Å²) in [5.41, 5.74) is 5.76. The second-order valence-electron chi connectivity index (χ2n) is 6.81. The van der Waals surface area contributed by atoms with Crippen molar-refractivity contribution >= 4 is 16.9 Å². The molecule has 5 heteroatoms. The molecule has 0 spiro atoms. The number of aryl methyl sites for hydroxylation is 3. The van der Waals surface area contributed by atoms with Crippen LogP contribution in [-0.2, 0) is 24.2 Å². The van der Waals surface area contributed by atoms with Crippen molar-refractivity contribution in [2.75, 3.05) is 6.61 Å². The van der Waals surface area contributed by atoms with Crippen LogP contribution in [0.1, 0.15) is 28.8 Å². The van der Waals surface area contributed by atoms with Crippen LogP contribution in [0.25, 0.3) is 10.9 Å². The fourth-order valence-corrected chi connectivity index (χ4v) is 3.86. The maximum Gasteiger partial charge on any atom is 0.341 e. The molecule has 0 saturated heterocycles. The van der Waals surface area contributed by atoms with Crippen LogP contribution >= 0.6 is 0 Å². The number of rotatable bonds is 5.